The highest BCUT2D eigenvalue weighted by molar-refractivity contribution is 5.95. The summed E-state index contributed by atoms with van der Waals surface area (Å²) < 4.78 is 10.4. The van der Waals surface area contributed by atoms with Gasteiger partial charge in [-0.3, -0.25) is 4.79 Å². The highest BCUT2D eigenvalue weighted by Gasteiger charge is 2.09. The molecule has 4 nitrogen and oxygen atoms in total. The molecule has 0 aliphatic heterocycles. The van der Waals surface area contributed by atoms with Gasteiger partial charge in [-0.05, 0) is 37.5 Å². The first kappa shape index (κ1) is 16.9. The lowest BCUT2D eigenvalue weighted by molar-refractivity contribution is 0.0952. The van der Waals surface area contributed by atoms with Crippen LogP contribution in [0.4, 0.5) is 0 Å². The van der Waals surface area contributed by atoms with Crippen LogP contribution in [0.3, 0.4) is 0 Å². The van der Waals surface area contributed by atoms with Gasteiger partial charge in [0.1, 0.15) is 11.5 Å². The summed E-state index contributed by atoms with van der Waals surface area (Å²) in [5.74, 6) is 1.09. The molecule has 23 heavy (non-hydrogen) atoms. The Morgan fingerprint density at radius 1 is 1.04 bits per heavy atom. The van der Waals surface area contributed by atoms with Crippen molar-refractivity contribution in [2.75, 3.05) is 20.8 Å². The van der Waals surface area contributed by atoms with Crippen LogP contribution in [0.1, 0.15) is 27.9 Å². The largest absolute Gasteiger partial charge is 0.497 e. The van der Waals surface area contributed by atoms with E-state index in [1.165, 1.54) is 11.1 Å². The molecule has 0 fully saturated rings. The van der Waals surface area contributed by atoms with Crippen LogP contribution in [0.2, 0.25) is 0 Å². The third-order valence-corrected chi connectivity index (χ3v) is 3.62. The molecule has 1 amide bonds. The van der Waals surface area contributed by atoms with Gasteiger partial charge < -0.3 is 14.8 Å². The fraction of sp³-hybridized carbons (Fsp3) is 0.316. The Bertz CT molecular complexity index is 645. The minimum Gasteiger partial charge on any atom is -0.497 e. The molecule has 0 spiro atoms. The van der Waals surface area contributed by atoms with Gasteiger partial charge in [-0.2, -0.15) is 0 Å². The number of hydrogen-bond donors (Lipinski definition) is 1. The first-order chi connectivity index (χ1) is 11.1. The number of amides is 1. The summed E-state index contributed by atoms with van der Waals surface area (Å²) in [6.45, 7) is 2.72. The summed E-state index contributed by atoms with van der Waals surface area (Å²) in [7, 11) is 3.14. The van der Waals surface area contributed by atoms with Crippen LogP contribution >= 0.6 is 0 Å². The first-order valence-electron chi connectivity index (χ1n) is 7.69. The van der Waals surface area contributed by atoms with E-state index in [1.54, 1.807) is 32.4 Å². The van der Waals surface area contributed by atoms with E-state index in [9.17, 15) is 4.79 Å². The number of carbonyl (C=O) groups excluding carboxylic acids is 1. The molecule has 0 saturated heterocycles. The van der Waals surface area contributed by atoms with Crippen molar-refractivity contribution in [3.8, 4) is 11.5 Å². The maximum atomic E-state index is 12.2. The van der Waals surface area contributed by atoms with Gasteiger partial charge in [0.2, 0.25) is 0 Å². The molecular formula is C19H23NO3. The monoisotopic (exact) mass is 313 g/mol. The molecule has 2 aromatic carbocycles. The second-order valence-corrected chi connectivity index (χ2v) is 5.45. The summed E-state index contributed by atoms with van der Waals surface area (Å²) in [5.41, 5.74) is 3.09. The number of hydrogen-bond acceptors (Lipinski definition) is 3. The van der Waals surface area contributed by atoms with Gasteiger partial charge in [-0.15, -0.1) is 0 Å². The zero-order valence-corrected chi connectivity index (χ0v) is 13.9. The number of carbonyl (C=O) groups is 1. The molecule has 0 aliphatic carbocycles. The van der Waals surface area contributed by atoms with E-state index in [0.717, 1.165) is 12.8 Å². The van der Waals surface area contributed by atoms with E-state index >= 15 is 0 Å². The molecular weight excluding hydrogens is 290 g/mol. The van der Waals surface area contributed by atoms with E-state index in [0.29, 0.717) is 23.6 Å². The van der Waals surface area contributed by atoms with E-state index in [1.807, 2.05) is 0 Å². The Kier molecular flexibility index (Phi) is 6.03. The number of nitrogens with one attached hydrogen (secondary N) is 1. The Balaban J connectivity index is 1.87. The predicted octanol–water partition coefficient (Wildman–Crippen LogP) is 3.37. The normalized spacial score (nSPS) is 10.2. The van der Waals surface area contributed by atoms with Crippen LogP contribution in [0.25, 0.3) is 0 Å². The second-order valence-electron chi connectivity index (χ2n) is 5.45. The molecule has 0 heterocycles. The molecule has 0 unspecified atom stereocenters. The quantitative estimate of drug-likeness (QED) is 0.797. The summed E-state index contributed by atoms with van der Waals surface area (Å²) in [6, 6.07) is 13.6. The van der Waals surface area contributed by atoms with Crippen molar-refractivity contribution in [3.05, 3.63) is 59.2 Å². The van der Waals surface area contributed by atoms with Gasteiger partial charge in [0, 0.05) is 18.2 Å². The third kappa shape index (κ3) is 5.02. The number of methoxy groups -OCH3 is 2. The van der Waals surface area contributed by atoms with Gasteiger partial charge >= 0.3 is 0 Å². The number of rotatable bonds is 7. The molecule has 0 aliphatic rings. The zero-order valence-electron chi connectivity index (χ0n) is 13.9. The van der Waals surface area contributed by atoms with E-state index < -0.39 is 0 Å². The Hall–Kier alpha value is -2.49. The van der Waals surface area contributed by atoms with Gasteiger partial charge in [0.05, 0.1) is 14.2 Å². The SMILES string of the molecule is COc1cc(OC)cc(C(=O)NCCCc2cccc(C)c2)c1. The van der Waals surface area contributed by atoms with E-state index in [2.05, 4.69) is 36.5 Å². The van der Waals surface area contributed by atoms with Crippen molar-refractivity contribution in [3.63, 3.8) is 0 Å². The maximum absolute atomic E-state index is 12.2. The predicted molar refractivity (Wildman–Crippen MR) is 91.4 cm³/mol. The number of aryl methyl sites for hydroxylation is 2. The van der Waals surface area contributed by atoms with Gasteiger partial charge in [0.15, 0.2) is 0 Å². The van der Waals surface area contributed by atoms with Gasteiger partial charge in [-0.1, -0.05) is 29.8 Å². The van der Waals surface area contributed by atoms with Crippen molar-refractivity contribution < 1.29 is 14.3 Å². The molecule has 0 bridgehead atoms. The van der Waals surface area contributed by atoms with Crippen LogP contribution in [0.5, 0.6) is 11.5 Å². The zero-order chi connectivity index (χ0) is 16.7. The molecule has 4 heteroatoms. The lowest BCUT2D eigenvalue weighted by Crippen LogP contribution is -2.24. The first-order valence-corrected chi connectivity index (χ1v) is 7.69. The molecule has 122 valence electrons. The van der Waals surface area contributed by atoms with Gasteiger partial charge in [0.25, 0.3) is 5.91 Å². The molecule has 0 aromatic heterocycles. The van der Waals surface area contributed by atoms with Crippen molar-refractivity contribution in [2.45, 2.75) is 19.8 Å². The number of benzene rings is 2. The minimum absolute atomic E-state index is 0.119. The highest BCUT2D eigenvalue weighted by Crippen LogP contribution is 2.22. The standard InChI is InChI=1S/C19H23NO3/c1-14-6-4-7-15(10-14)8-5-9-20-19(21)16-11-17(22-2)13-18(12-16)23-3/h4,6-7,10-13H,5,8-9H2,1-3H3,(H,20,21). The molecule has 0 saturated carbocycles. The Morgan fingerprint density at radius 3 is 2.35 bits per heavy atom. The smallest absolute Gasteiger partial charge is 0.251 e. The van der Waals surface area contributed by atoms with E-state index in [-0.39, 0.29) is 5.91 Å². The third-order valence-electron chi connectivity index (χ3n) is 3.62. The molecule has 0 atom stereocenters. The maximum Gasteiger partial charge on any atom is 0.251 e. The van der Waals surface area contributed by atoms with Crippen molar-refractivity contribution in [2.24, 2.45) is 0 Å². The van der Waals surface area contributed by atoms with Crippen molar-refractivity contribution in [1.29, 1.82) is 0 Å². The molecule has 1 N–H and O–H groups in total. The average molecular weight is 313 g/mol. The van der Waals surface area contributed by atoms with Crippen LogP contribution in [-0.4, -0.2) is 26.7 Å². The van der Waals surface area contributed by atoms with Crippen LogP contribution < -0.4 is 14.8 Å². The van der Waals surface area contributed by atoms with E-state index in [4.69, 9.17) is 9.47 Å². The lowest BCUT2D eigenvalue weighted by atomic mass is 10.1. The van der Waals surface area contributed by atoms with Crippen LogP contribution in [0, 0.1) is 6.92 Å². The summed E-state index contributed by atoms with van der Waals surface area (Å²) >= 11 is 0. The Morgan fingerprint density at radius 2 is 1.74 bits per heavy atom. The van der Waals surface area contributed by atoms with Crippen LogP contribution in [-0.2, 0) is 6.42 Å². The summed E-state index contributed by atoms with van der Waals surface area (Å²) in [5, 5.41) is 2.94. The minimum atomic E-state index is -0.119. The topological polar surface area (TPSA) is 47.6 Å². The fourth-order valence-electron chi connectivity index (χ4n) is 2.40. The molecule has 2 aromatic rings. The second kappa shape index (κ2) is 8.22. The molecule has 0 radical (unpaired) electrons. The van der Waals surface area contributed by atoms with Crippen molar-refractivity contribution in [1.82, 2.24) is 5.32 Å². The Labute approximate surface area is 137 Å². The summed E-state index contributed by atoms with van der Waals surface area (Å²) in [6.07, 6.45) is 1.85. The van der Waals surface area contributed by atoms with Crippen molar-refractivity contribution >= 4 is 5.91 Å². The van der Waals surface area contributed by atoms with Gasteiger partial charge in [-0.25, -0.2) is 0 Å². The lowest BCUT2D eigenvalue weighted by Gasteiger charge is -2.09. The average Bonchev–Trinajstić information content (AvgIpc) is 2.58. The fourth-order valence-corrected chi connectivity index (χ4v) is 2.40. The summed E-state index contributed by atoms with van der Waals surface area (Å²) in [4.78, 5) is 12.2. The van der Waals surface area contributed by atoms with Crippen LogP contribution in [0.15, 0.2) is 42.5 Å². The highest BCUT2D eigenvalue weighted by atomic mass is 16.5. The number of ether oxygens (including phenoxy) is 2. The molecule has 2 rings (SSSR count).